The van der Waals surface area contributed by atoms with Crippen LogP contribution in [0.3, 0.4) is 0 Å². The van der Waals surface area contributed by atoms with Gasteiger partial charge >= 0.3 is 0 Å². The number of carbonyl (C=O) groups is 1. The van der Waals surface area contributed by atoms with Crippen molar-refractivity contribution in [1.29, 1.82) is 0 Å². The topological polar surface area (TPSA) is 38.3 Å². The Kier molecular flexibility index (Phi) is 6.58. The highest BCUT2D eigenvalue weighted by Gasteiger charge is 2.55. The van der Waals surface area contributed by atoms with Gasteiger partial charge in [-0.3, -0.25) is 4.79 Å². The van der Waals surface area contributed by atoms with E-state index >= 15 is 0 Å². The van der Waals surface area contributed by atoms with E-state index in [4.69, 9.17) is 4.74 Å². The van der Waals surface area contributed by atoms with Crippen LogP contribution in [0.2, 0.25) is 0 Å². The predicted molar refractivity (Wildman–Crippen MR) is 153 cm³/mol. The Bertz CT molecular complexity index is 1280. The summed E-state index contributed by atoms with van der Waals surface area (Å²) < 4.78 is 6.24. The smallest absolute Gasteiger partial charge is 0.226 e. The molecule has 0 unspecified atom stereocenters. The molecule has 0 saturated heterocycles. The number of ether oxygens (including phenoxy) is 1. The summed E-state index contributed by atoms with van der Waals surface area (Å²) in [4.78, 5) is 14.0. The summed E-state index contributed by atoms with van der Waals surface area (Å²) in [5.74, 6) is 1.52. The van der Waals surface area contributed by atoms with Crippen LogP contribution in [0.25, 0.3) is 0 Å². The summed E-state index contributed by atoms with van der Waals surface area (Å²) in [6.45, 7) is 5.99. The van der Waals surface area contributed by atoms with Gasteiger partial charge in [0, 0.05) is 12.0 Å². The fourth-order valence-corrected chi connectivity index (χ4v) is 7.96. The molecule has 1 N–H and O–H groups in total. The number of amides is 1. The monoisotopic (exact) mass is 507 g/mol. The van der Waals surface area contributed by atoms with E-state index in [1.807, 2.05) is 6.07 Å². The lowest BCUT2D eigenvalue weighted by Crippen LogP contribution is -2.57. The zero-order valence-corrected chi connectivity index (χ0v) is 23.0. The first-order valence-corrected chi connectivity index (χ1v) is 14.6. The first kappa shape index (κ1) is 25.2. The Morgan fingerprint density at radius 3 is 2.32 bits per heavy atom. The molecule has 6 rings (SSSR count). The molecule has 198 valence electrons. The number of aryl methyl sites for hydroxylation is 1. The number of fused-ring (bicyclic) bond motifs is 3. The molecule has 1 amide bonds. The minimum Gasteiger partial charge on any atom is -0.489 e. The van der Waals surface area contributed by atoms with E-state index in [9.17, 15) is 4.79 Å². The summed E-state index contributed by atoms with van der Waals surface area (Å²) in [5, 5.41) is 3.49. The van der Waals surface area contributed by atoms with Crippen LogP contribution in [-0.4, -0.2) is 12.5 Å². The Morgan fingerprint density at radius 2 is 1.61 bits per heavy atom. The van der Waals surface area contributed by atoms with Crippen molar-refractivity contribution < 1.29 is 9.53 Å². The average molecular weight is 508 g/mol. The van der Waals surface area contributed by atoms with Crippen molar-refractivity contribution in [2.45, 2.75) is 82.7 Å². The average Bonchev–Trinajstić information content (AvgIpc) is 2.92. The van der Waals surface area contributed by atoms with Crippen molar-refractivity contribution in [3.63, 3.8) is 0 Å². The van der Waals surface area contributed by atoms with Gasteiger partial charge in [0.1, 0.15) is 12.4 Å². The molecule has 2 saturated carbocycles. The van der Waals surface area contributed by atoms with E-state index in [1.54, 1.807) is 0 Å². The molecule has 0 aliphatic heterocycles. The highest BCUT2D eigenvalue weighted by atomic mass is 16.5. The molecule has 3 heteroatoms. The number of benzene rings is 3. The highest BCUT2D eigenvalue weighted by molar-refractivity contribution is 5.83. The van der Waals surface area contributed by atoms with Gasteiger partial charge in [-0.1, -0.05) is 93.4 Å². The van der Waals surface area contributed by atoms with Crippen molar-refractivity contribution in [1.82, 2.24) is 5.32 Å². The summed E-state index contributed by atoms with van der Waals surface area (Å²) in [5.41, 5.74) is 5.12. The maximum absolute atomic E-state index is 14.0. The molecule has 3 aromatic rings. The van der Waals surface area contributed by atoms with Crippen LogP contribution < -0.4 is 10.1 Å². The summed E-state index contributed by atoms with van der Waals surface area (Å²) >= 11 is 0. The Labute approximate surface area is 228 Å². The molecule has 0 heterocycles. The maximum Gasteiger partial charge on any atom is 0.226 e. The first-order chi connectivity index (χ1) is 18.4. The molecule has 0 spiro atoms. The maximum atomic E-state index is 14.0. The minimum atomic E-state index is -0.354. The Balaban J connectivity index is 1.21. The first-order valence-electron chi connectivity index (χ1n) is 14.6. The van der Waals surface area contributed by atoms with Gasteiger partial charge in [0.15, 0.2) is 0 Å². The Hall–Kier alpha value is -3.07. The Morgan fingerprint density at radius 1 is 0.895 bits per heavy atom. The molecule has 3 nitrogen and oxygen atoms in total. The number of hydrogen-bond acceptors (Lipinski definition) is 2. The predicted octanol–water partition coefficient (Wildman–Crippen LogP) is 7.51. The van der Waals surface area contributed by atoms with Crippen LogP contribution in [0.1, 0.15) is 81.0 Å². The van der Waals surface area contributed by atoms with Gasteiger partial charge in [-0.25, -0.2) is 0 Å². The van der Waals surface area contributed by atoms with Gasteiger partial charge < -0.3 is 10.1 Å². The van der Waals surface area contributed by atoms with E-state index in [1.165, 1.54) is 28.7 Å². The van der Waals surface area contributed by atoms with Gasteiger partial charge in [-0.05, 0) is 84.2 Å². The number of nitrogens with one attached hydrogen (secondary N) is 1. The third kappa shape index (κ3) is 4.34. The lowest BCUT2D eigenvalue weighted by atomic mass is 9.49. The molecule has 3 aromatic carbocycles. The van der Waals surface area contributed by atoms with Crippen LogP contribution >= 0.6 is 0 Å². The second-order valence-electron chi connectivity index (χ2n) is 12.6. The van der Waals surface area contributed by atoms with E-state index in [-0.39, 0.29) is 22.2 Å². The fraction of sp³-hybridized carbons (Fsp3) is 0.457. The summed E-state index contributed by atoms with van der Waals surface area (Å²) in [6.07, 6.45) is 8.85. The second-order valence-corrected chi connectivity index (χ2v) is 12.6. The lowest BCUT2D eigenvalue weighted by molar-refractivity contribution is -0.139. The molecular formula is C35H41NO2. The molecule has 3 aliphatic rings. The quantitative estimate of drug-likeness (QED) is 0.359. The molecule has 38 heavy (non-hydrogen) atoms. The standard InChI is InChI=1S/C35H41NO2/c1-33-19-9-20-34(2,32(37)36-25-35(21-10-22-35)28-13-7-4-8-14-28)31(33)18-16-27-15-17-29(23-30(27)33)38-24-26-11-5-3-6-12-26/h3-8,11-15,17,23,31H,9-10,16,18-22,24-25H2,1-2H3,(H,36,37)/t31-,33-,34-/m1/s1. The molecule has 3 atom stereocenters. The van der Waals surface area contributed by atoms with E-state index in [0.717, 1.165) is 57.2 Å². The van der Waals surface area contributed by atoms with E-state index < -0.39 is 0 Å². The summed E-state index contributed by atoms with van der Waals surface area (Å²) in [6, 6.07) is 27.8. The van der Waals surface area contributed by atoms with E-state index in [0.29, 0.717) is 12.5 Å². The van der Waals surface area contributed by atoms with Crippen molar-refractivity contribution >= 4 is 5.91 Å². The van der Waals surface area contributed by atoms with Gasteiger partial charge in [0.05, 0.1) is 5.41 Å². The second kappa shape index (κ2) is 9.91. The molecule has 2 fully saturated rings. The van der Waals surface area contributed by atoms with Crippen molar-refractivity contribution in [3.05, 3.63) is 101 Å². The van der Waals surface area contributed by atoms with Crippen LogP contribution in [0.4, 0.5) is 0 Å². The third-order valence-corrected chi connectivity index (χ3v) is 10.4. The van der Waals surface area contributed by atoms with Gasteiger partial charge in [0.25, 0.3) is 0 Å². The molecule has 0 radical (unpaired) electrons. The van der Waals surface area contributed by atoms with Crippen LogP contribution in [-0.2, 0) is 28.7 Å². The van der Waals surface area contributed by atoms with Crippen LogP contribution in [0.5, 0.6) is 5.75 Å². The number of rotatable bonds is 7. The number of hydrogen-bond donors (Lipinski definition) is 1. The van der Waals surface area contributed by atoms with E-state index in [2.05, 4.69) is 92.0 Å². The molecule has 0 aromatic heterocycles. The minimum absolute atomic E-state index is 0.0162. The van der Waals surface area contributed by atoms with Crippen molar-refractivity contribution in [3.8, 4) is 5.75 Å². The lowest BCUT2D eigenvalue weighted by Gasteiger charge is -2.55. The zero-order chi connectivity index (χ0) is 26.2. The molecule has 0 bridgehead atoms. The normalized spacial score (nSPS) is 27.4. The summed E-state index contributed by atoms with van der Waals surface area (Å²) in [7, 11) is 0. The third-order valence-electron chi connectivity index (χ3n) is 10.4. The SMILES string of the molecule is C[C@@]1(C(=O)NCC2(c3ccccc3)CCC2)CCC[C@]2(C)c3cc(OCc4ccccc4)ccc3CC[C@@H]12. The van der Waals surface area contributed by atoms with Crippen molar-refractivity contribution in [2.75, 3.05) is 6.54 Å². The fourth-order valence-electron chi connectivity index (χ4n) is 7.96. The number of carbonyl (C=O) groups excluding carboxylic acids is 1. The van der Waals surface area contributed by atoms with Gasteiger partial charge in [-0.2, -0.15) is 0 Å². The zero-order valence-electron chi connectivity index (χ0n) is 23.0. The van der Waals surface area contributed by atoms with Crippen LogP contribution in [0, 0.1) is 11.3 Å². The molecule has 3 aliphatic carbocycles. The highest BCUT2D eigenvalue weighted by Crippen LogP contribution is 2.58. The molecular weight excluding hydrogens is 466 g/mol. The van der Waals surface area contributed by atoms with Gasteiger partial charge in [0.2, 0.25) is 5.91 Å². The van der Waals surface area contributed by atoms with Crippen LogP contribution in [0.15, 0.2) is 78.9 Å². The largest absolute Gasteiger partial charge is 0.489 e. The van der Waals surface area contributed by atoms with Crippen molar-refractivity contribution in [2.24, 2.45) is 11.3 Å². The van der Waals surface area contributed by atoms with Gasteiger partial charge in [-0.15, -0.1) is 0 Å².